The van der Waals surface area contributed by atoms with E-state index in [-0.39, 0.29) is 12.4 Å². The third-order valence-electron chi connectivity index (χ3n) is 2.24. The van der Waals surface area contributed by atoms with E-state index in [0.29, 0.717) is 5.82 Å². The number of rotatable bonds is 1. The molecule has 0 aliphatic carbocycles. The highest BCUT2D eigenvalue weighted by Crippen LogP contribution is 2.23. The van der Waals surface area contributed by atoms with Gasteiger partial charge in [0, 0.05) is 5.39 Å². The van der Waals surface area contributed by atoms with Crippen molar-refractivity contribution in [3.8, 4) is 5.75 Å². The normalized spacial score (nSPS) is 9.73. The quantitative estimate of drug-likeness (QED) is 0.810. The minimum absolute atomic E-state index is 0. The lowest BCUT2D eigenvalue weighted by Crippen LogP contribution is -1.93. The second kappa shape index (κ2) is 4.36. The number of halogens is 1. The molecule has 15 heavy (non-hydrogen) atoms. The van der Waals surface area contributed by atoms with Crippen LogP contribution in [0, 0.1) is 6.92 Å². The average molecular weight is 225 g/mol. The summed E-state index contributed by atoms with van der Waals surface area (Å²) in [7, 11) is 1.65. The van der Waals surface area contributed by atoms with Gasteiger partial charge < -0.3 is 10.5 Å². The lowest BCUT2D eigenvalue weighted by molar-refractivity contribution is 0.415. The minimum Gasteiger partial charge on any atom is -0.497 e. The second-order valence-electron chi connectivity index (χ2n) is 3.25. The van der Waals surface area contributed by atoms with Crippen molar-refractivity contribution in [1.29, 1.82) is 0 Å². The third kappa shape index (κ3) is 2.13. The van der Waals surface area contributed by atoms with Crippen molar-refractivity contribution in [1.82, 2.24) is 4.98 Å². The zero-order valence-corrected chi connectivity index (χ0v) is 9.47. The molecule has 0 atom stereocenters. The number of pyridine rings is 1. The van der Waals surface area contributed by atoms with Crippen LogP contribution in [0.5, 0.6) is 5.75 Å². The highest BCUT2D eigenvalue weighted by atomic mass is 35.5. The molecule has 3 nitrogen and oxygen atoms in total. The molecule has 1 heterocycles. The van der Waals surface area contributed by atoms with Gasteiger partial charge in [0.05, 0.1) is 12.6 Å². The number of aryl methyl sites for hydroxylation is 1. The Morgan fingerprint density at radius 3 is 2.67 bits per heavy atom. The predicted octanol–water partition coefficient (Wildman–Crippen LogP) is 2.56. The molecule has 2 aromatic rings. The lowest BCUT2D eigenvalue weighted by Gasteiger charge is -2.05. The topological polar surface area (TPSA) is 48.1 Å². The van der Waals surface area contributed by atoms with Crippen LogP contribution in [0.2, 0.25) is 0 Å². The summed E-state index contributed by atoms with van der Waals surface area (Å²) in [6.07, 6.45) is 0. The number of benzene rings is 1. The molecule has 1 aromatic carbocycles. The molecule has 80 valence electrons. The van der Waals surface area contributed by atoms with Crippen LogP contribution >= 0.6 is 12.4 Å². The Hall–Kier alpha value is -1.48. The number of hydrogen-bond donors (Lipinski definition) is 1. The maximum absolute atomic E-state index is 5.65. The second-order valence-corrected chi connectivity index (χ2v) is 3.25. The Morgan fingerprint density at radius 2 is 2.00 bits per heavy atom. The Morgan fingerprint density at radius 1 is 1.27 bits per heavy atom. The lowest BCUT2D eigenvalue weighted by atomic mass is 10.1. The highest BCUT2D eigenvalue weighted by Gasteiger charge is 2.01. The van der Waals surface area contributed by atoms with Crippen molar-refractivity contribution in [2.24, 2.45) is 0 Å². The van der Waals surface area contributed by atoms with E-state index < -0.39 is 0 Å². The molecule has 0 unspecified atom stereocenters. The molecule has 1 aromatic heterocycles. The molecule has 0 saturated carbocycles. The van der Waals surface area contributed by atoms with Crippen LogP contribution in [0.1, 0.15) is 5.56 Å². The van der Waals surface area contributed by atoms with Crippen LogP contribution in [0.25, 0.3) is 10.9 Å². The number of ether oxygens (including phenoxy) is 1. The maximum atomic E-state index is 5.65. The summed E-state index contributed by atoms with van der Waals surface area (Å²) in [6, 6.07) is 7.63. The number of fused-ring (bicyclic) bond motifs is 1. The summed E-state index contributed by atoms with van der Waals surface area (Å²) in [5.74, 6) is 1.40. The van der Waals surface area contributed by atoms with Gasteiger partial charge in [-0.1, -0.05) is 0 Å². The molecule has 0 bridgehead atoms. The van der Waals surface area contributed by atoms with Gasteiger partial charge in [0.1, 0.15) is 11.6 Å². The van der Waals surface area contributed by atoms with Crippen LogP contribution in [-0.2, 0) is 0 Å². The molecule has 0 aliphatic rings. The van der Waals surface area contributed by atoms with Crippen LogP contribution in [0.4, 0.5) is 5.82 Å². The molecular weight excluding hydrogens is 212 g/mol. The van der Waals surface area contributed by atoms with Crippen molar-refractivity contribution >= 4 is 29.1 Å². The molecule has 0 aliphatic heterocycles. The number of nitrogens with zero attached hydrogens (tertiary/aromatic N) is 1. The fourth-order valence-electron chi connectivity index (χ4n) is 1.53. The van der Waals surface area contributed by atoms with Crippen molar-refractivity contribution in [3.05, 3.63) is 29.8 Å². The Balaban J connectivity index is 0.00000112. The zero-order valence-electron chi connectivity index (χ0n) is 8.65. The van der Waals surface area contributed by atoms with Gasteiger partial charge in [-0.05, 0) is 36.8 Å². The van der Waals surface area contributed by atoms with E-state index in [0.717, 1.165) is 22.2 Å². The fourth-order valence-corrected chi connectivity index (χ4v) is 1.53. The van der Waals surface area contributed by atoms with E-state index >= 15 is 0 Å². The minimum atomic E-state index is 0. The Kier molecular flexibility index (Phi) is 3.37. The van der Waals surface area contributed by atoms with Gasteiger partial charge in [0.25, 0.3) is 0 Å². The number of anilines is 1. The molecule has 0 amide bonds. The van der Waals surface area contributed by atoms with Crippen LogP contribution in [0.3, 0.4) is 0 Å². The molecule has 0 radical (unpaired) electrons. The van der Waals surface area contributed by atoms with Crippen molar-refractivity contribution < 1.29 is 4.74 Å². The molecule has 0 saturated heterocycles. The number of nitrogen functional groups attached to an aromatic ring is 1. The Bertz CT molecular complexity index is 485. The van der Waals surface area contributed by atoms with E-state index in [9.17, 15) is 0 Å². The molecule has 4 heteroatoms. The molecular formula is C11H13ClN2O. The van der Waals surface area contributed by atoms with Gasteiger partial charge in [0.15, 0.2) is 0 Å². The number of hydrogen-bond acceptors (Lipinski definition) is 3. The summed E-state index contributed by atoms with van der Waals surface area (Å²) < 4.78 is 5.15. The summed E-state index contributed by atoms with van der Waals surface area (Å²) in [4.78, 5) is 4.23. The Labute approximate surface area is 94.7 Å². The first-order valence-corrected chi connectivity index (χ1v) is 4.41. The zero-order chi connectivity index (χ0) is 10.1. The standard InChI is InChI=1S/C11H12N2O.ClH/c1-7-5-11(12)13-10-4-3-8(14-2)6-9(7)10;/h3-6H,1-2H3,(H2,12,13);1H. The molecule has 2 rings (SSSR count). The molecule has 2 N–H and O–H groups in total. The smallest absolute Gasteiger partial charge is 0.124 e. The maximum Gasteiger partial charge on any atom is 0.124 e. The predicted molar refractivity (Wildman–Crippen MR) is 64.7 cm³/mol. The average Bonchev–Trinajstić information content (AvgIpc) is 2.17. The van der Waals surface area contributed by atoms with Crippen LogP contribution in [0.15, 0.2) is 24.3 Å². The SMILES string of the molecule is COc1ccc2nc(N)cc(C)c2c1.Cl. The van der Waals surface area contributed by atoms with E-state index in [2.05, 4.69) is 4.98 Å². The first-order valence-electron chi connectivity index (χ1n) is 4.41. The van der Waals surface area contributed by atoms with E-state index in [1.54, 1.807) is 7.11 Å². The summed E-state index contributed by atoms with van der Waals surface area (Å²) in [5, 5.41) is 1.08. The van der Waals surface area contributed by atoms with Gasteiger partial charge in [0.2, 0.25) is 0 Å². The van der Waals surface area contributed by atoms with Crippen LogP contribution in [-0.4, -0.2) is 12.1 Å². The molecule has 0 spiro atoms. The van der Waals surface area contributed by atoms with Gasteiger partial charge in [-0.25, -0.2) is 4.98 Å². The fraction of sp³-hybridized carbons (Fsp3) is 0.182. The van der Waals surface area contributed by atoms with Gasteiger partial charge in [-0.3, -0.25) is 0 Å². The van der Waals surface area contributed by atoms with Gasteiger partial charge >= 0.3 is 0 Å². The van der Waals surface area contributed by atoms with Gasteiger partial charge in [-0.15, -0.1) is 12.4 Å². The molecule has 0 fully saturated rings. The van der Waals surface area contributed by atoms with Crippen molar-refractivity contribution in [2.75, 3.05) is 12.8 Å². The first-order chi connectivity index (χ1) is 6.70. The van der Waals surface area contributed by atoms with Crippen molar-refractivity contribution in [3.63, 3.8) is 0 Å². The monoisotopic (exact) mass is 224 g/mol. The van der Waals surface area contributed by atoms with E-state index in [1.807, 2.05) is 31.2 Å². The summed E-state index contributed by atoms with van der Waals surface area (Å²) >= 11 is 0. The van der Waals surface area contributed by atoms with Crippen LogP contribution < -0.4 is 10.5 Å². The number of aromatic nitrogens is 1. The third-order valence-corrected chi connectivity index (χ3v) is 2.24. The first kappa shape index (κ1) is 11.6. The number of nitrogens with two attached hydrogens (primary N) is 1. The van der Waals surface area contributed by atoms with Gasteiger partial charge in [-0.2, -0.15) is 0 Å². The highest BCUT2D eigenvalue weighted by molar-refractivity contribution is 5.85. The summed E-state index contributed by atoms with van der Waals surface area (Å²) in [5.41, 5.74) is 7.68. The van der Waals surface area contributed by atoms with Crippen molar-refractivity contribution in [2.45, 2.75) is 6.92 Å². The number of methoxy groups -OCH3 is 1. The largest absolute Gasteiger partial charge is 0.497 e. The van der Waals surface area contributed by atoms with E-state index in [4.69, 9.17) is 10.5 Å². The summed E-state index contributed by atoms with van der Waals surface area (Å²) in [6.45, 7) is 2.01. The van der Waals surface area contributed by atoms with E-state index in [1.165, 1.54) is 0 Å².